The Kier molecular flexibility index (Phi) is 1.65. The molecule has 0 saturated carbocycles. The first-order valence-corrected chi connectivity index (χ1v) is 3.92. The molecule has 0 radical (unpaired) electrons. The van der Waals surface area contributed by atoms with Crippen LogP contribution in [0.15, 0.2) is 24.3 Å². The monoisotopic (exact) mass is 186 g/mol. The van der Waals surface area contributed by atoms with Crippen LogP contribution in [0.5, 0.6) is 11.5 Å². The standard InChI is InChI=1S/C9H8F2O2/c1-6-9(10,11)13-8-5-3-2-4-7(8)12-6/h2-6H,1H3/t6-/m0/s1. The average Bonchev–Trinajstić information content (AvgIpc) is 2.06. The second-order valence-corrected chi connectivity index (χ2v) is 2.87. The fraction of sp³-hybridized carbons (Fsp3) is 0.333. The molecule has 0 aliphatic carbocycles. The SMILES string of the molecule is C[C@@H]1Oc2ccccc2OC1(F)F. The molecule has 1 atom stereocenters. The summed E-state index contributed by atoms with van der Waals surface area (Å²) in [5.74, 6) is 0.450. The number of rotatable bonds is 0. The minimum absolute atomic E-state index is 0.0885. The van der Waals surface area contributed by atoms with Crippen LogP contribution in [0, 0.1) is 0 Å². The van der Waals surface area contributed by atoms with Crippen molar-refractivity contribution in [3.05, 3.63) is 24.3 Å². The molecule has 0 spiro atoms. The second-order valence-electron chi connectivity index (χ2n) is 2.87. The maximum absolute atomic E-state index is 12.9. The van der Waals surface area contributed by atoms with Gasteiger partial charge in [-0.25, -0.2) is 0 Å². The minimum atomic E-state index is -3.24. The van der Waals surface area contributed by atoms with E-state index in [9.17, 15) is 8.78 Å². The number of hydrogen-bond acceptors (Lipinski definition) is 2. The van der Waals surface area contributed by atoms with Crippen molar-refractivity contribution in [1.82, 2.24) is 0 Å². The van der Waals surface area contributed by atoms with E-state index in [1.165, 1.54) is 13.0 Å². The molecular weight excluding hydrogens is 178 g/mol. The molecule has 0 N–H and O–H groups in total. The highest BCUT2D eigenvalue weighted by atomic mass is 19.3. The molecule has 2 rings (SSSR count). The third-order valence-corrected chi connectivity index (χ3v) is 1.87. The lowest BCUT2D eigenvalue weighted by Crippen LogP contribution is -2.43. The molecule has 1 heterocycles. The smallest absolute Gasteiger partial charge is 0.435 e. The largest absolute Gasteiger partial charge is 0.476 e. The summed E-state index contributed by atoms with van der Waals surface area (Å²) in [5, 5.41) is 0. The topological polar surface area (TPSA) is 18.5 Å². The summed E-state index contributed by atoms with van der Waals surface area (Å²) in [6.45, 7) is 1.27. The first-order valence-electron chi connectivity index (χ1n) is 3.92. The van der Waals surface area contributed by atoms with E-state index in [-0.39, 0.29) is 5.75 Å². The maximum Gasteiger partial charge on any atom is 0.435 e. The number of halogens is 2. The Morgan fingerprint density at radius 3 is 2.54 bits per heavy atom. The molecule has 0 aromatic heterocycles. The molecule has 4 heteroatoms. The predicted octanol–water partition coefficient (Wildman–Crippen LogP) is 2.44. The number of alkyl halides is 2. The lowest BCUT2D eigenvalue weighted by molar-refractivity contribution is -0.241. The summed E-state index contributed by atoms with van der Waals surface area (Å²) in [6.07, 6.45) is -4.49. The van der Waals surface area contributed by atoms with Gasteiger partial charge in [-0.3, -0.25) is 0 Å². The molecule has 1 aliphatic heterocycles. The van der Waals surface area contributed by atoms with Crippen LogP contribution in [-0.2, 0) is 0 Å². The minimum Gasteiger partial charge on any atom is -0.476 e. The van der Waals surface area contributed by atoms with E-state index in [1.54, 1.807) is 18.2 Å². The van der Waals surface area contributed by atoms with Gasteiger partial charge in [0, 0.05) is 0 Å². The van der Waals surface area contributed by atoms with Crippen LogP contribution < -0.4 is 9.47 Å². The first-order chi connectivity index (χ1) is 6.09. The van der Waals surface area contributed by atoms with Crippen molar-refractivity contribution >= 4 is 0 Å². The normalized spacial score (nSPS) is 24.1. The third-order valence-electron chi connectivity index (χ3n) is 1.87. The molecule has 1 aromatic carbocycles. The highest BCUT2D eigenvalue weighted by molar-refractivity contribution is 5.41. The van der Waals surface area contributed by atoms with Crippen molar-refractivity contribution in [3.63, 3.8) is 0 Å². The molecule has 2 nitrogen and oxygen atoms in total. The van der Waals surface area contributed by atoms with E-state index in [2.05, 4.69) is 4.74 Å². The van der Waals surface area contributed by atoms with Crippen LogP contribution in [0.4, 0.5) is 8.78 Å². The molecule has 1 aromatic rings. The summed E-state index contributed by atoms with van der Waals surface area (Å²) in [5.41, 5.74) is 0. The molecule has 0 fully saturated rings. The van der Waals surface area contributed by atoms with Crippen molar-refractivity contribution < 1.29 is 18.3 Å². The molecule has 0 unspecified atom stereocenters. The Hall–Kier alpha value is -1.32. The van der Waals surface area contributed by atoms with Crippen LogP contribution >= 0.6 is 0 Å². The Balaban J connectivity index is 2.39. The molecule has 1 aliphatic rings. The number of para-hydroxylation sites is 2. The van der Waals surface area contributed by atoms with Gasteiger partial charge in [0.25, 0.3) is 0 Å². The Morgan fingerprint density at radius 2 is 1.85 bits per heavy atom. The fourth-order valence-electron chi connectivity index (χ4n) is 1.12. The molecule has 13 heavy (non-hydrogen) atoms. The molecular formula is C9H8F2O2. The van der Waals surface area contributed by atoms with Gasteiger partial charge in [-0.2, -0.15) is 8.78 Å². The summed E-state index contributed by atoms with van der Waals surface area (Å²) in [7, 11) is 0. The van der Waals surface area contributed by atoms with Gasteiger partial charge >= 0.3 is 6.11 Å². The van der Waals surface area contributed by atoms with Gasteiger partial charge in [0.1, 0.15) is 0 Å². The summed E-state index contributed by atoms with van der Waals surface area (Å²) in [6, 6.07) is 6.38. The van der Waals surface area contributed by atoms with E-state index in [0.717, 1.165) is 0 Å². The number of hydrogen-bond donors (Lipinski definition) is 0. The molecule has 70 valence electrons. The number of benzene rings is 1. The Bertz CT molecular complexity index is 325. The summed E-state index contributed by atoms with van der Waals surface area (Å²) in [4.78, 5) is 0. The zero-order valence-electron chi connectivity index (χ0n) is 6.96. The zero-order valence-corrected chi connectivity index (χ0v) is 6.96. The lowest BCUT2D eigenvalue weighted by atomic mass is 10.2. The van der Waals surface area contributed by atoms with Gasteiger partial charge in [-0.15, -0.1) is 0 Å². The summed E-state index contributed by atoms with van der Waals surface area (Å²) < 4.78 is 35.3. The number of ether oxygens (including phenoxy) is 2. The van der Waals surface area contributed by atoms with Crippen LogP contribution in [-0.4, -0.2) is 12.2 Å². The third kappa shape index (κ3) is 1.32. The van der Waals surface area contributed by atoms with Crippen LogP contribution in [0.3, 0.4) is 0 Å². The first kappa shape index (κ1) is 8.29. The van der Waals surface area contributed by atoms with E-state index in [0.29, 0.717) is 5.75 Å². The van der Waals surface area contributed by atoms with Gasteiger partial charge in [-0.05, 0) is 19.1 Å². The van der Waals surface area contributed by atoms with Gasteiger partial charge in [-0.1, -0.05) is 12.1 Å². The fourth-order valence-corrected chi connectivity index (χ4v) is 1.12. The van der Waals surface area contributed by atoms with E-state index >= 15 is 0 Å². The van der Waals surface area contributed by atoms with Crippen molar-refractivity contribution in [2.75, 3.05) is 0 Å². The molecule has 0 bridgehead atoms. The highest BCUT2D eigenvalue weighted by Gasteiger charge is 2.45. The average molecular weight is 186 g/mol. The Morgan fingerprint density at radius 1 is 1.23 bits per heavy atom. The molecule has 0 saturated heterocycles. The second kappa shape index (κ2) is 2.58. The lowest BCUT2D eigenvalue weighted by Gasteiger charge is -2.30. The Labute approximate surface area is 74.1 Å². The van der Waals surface area contributed by atoms with Gasteiger partial charge in [0.2, 0.25) is 0 Å². The van der Waals surface area contributed by atoms with E-state index in [4.69, 9.17) is 4.74 Å². The predicted molar refractivity (Wildman–Crippen MR) is 42.1 cm³/mol. The van der Waals surface area contributed by atoms with E-state index in [1.807, 2.05) is 0 Å². The van der Waals surface area contributed by atoms with Gasteiger partial charge < -0.3 is 9.47 Å². The van der Waals surface area contributed by atoms with Crippen molar-refractivity contribution in [1.29, 1.82) is 0 Å². The van der Waals surface area contributed by atoms with E-state index < -0.39 is 12.2 Å². The highest BCUT2D eigenvalue weighted by Crippen LogP contribution is 2.39. The van der Waals surface area contributed by atoms with Crippen LogP contribution in [0.25, 0.3) is 0 Å². The van der Waals surface area contributed by atoms with Gasteiger partial charge in [0.15, 0.2) is 17.6 Å². The quantitative estimate of drug-likeness (QED) is 0.619. The van der Waals surface area contributed by atoms with Crippen LogP contribution in [0.2, 0.25) is 0 Å². The van der Waals surface area contributed by atoms with Crippen LogP contribution in [0.1, 0.15) is 6.92 Å². The van der Waals surface area contributed by atoms with Crippen molar-refractivity contribution in [3.8, 4) is 11.5 Å². The van der Waals surface area contributed by atoms with Crippen molar-refractivity contribution in [2.24, 2.45) is 0 Å². The number of fused-ring (bicyclic) bond motifs is 1. The maximum atomic E-state index is 12.9. The molecule has 0 amide bonds. The zero-order chi connectivity index (χ0) is 9.47. The van der Waals surface area contributed by atoms with Crippen molar-refractivity contribution in [2.45, 2.75) is 19.1 Å². The van der Waals surface area contributed by atoms with Gasteiger partial charge in [0.05, 0.1) is 0 Å². The summed E-state index contributed by atoms with van der Waals surface area (Å²) >= 11 is 0.